The molecule has 0 amide bonds. The minimum Gasteiger partial charge on any atom is -0.392 e. The molecule has 96 valence electrons. The summed E-state index contributed by atoms with van der Waals surface area (Å²) < 4.78 is 53.5. The van der Waals surface area contributed by atoms with Crippen LogP contribution in [0, 0.1) is 6.92 Å². The van der Waals surface area contributed by atoms with Gasteiger partial charge in [-0.15, -0.1) is 0 Å². The zero-order valence-electron chi connectivity index (χ0n) is 8.78. The molecule has 0 heterocycles. The third kappa shape index (κ3) is 3.01. The van der Waals surface area contributed by atoms with Crippen molar-refractivity contribution in [3.05, 3.63) is 23.3 Å². The van der Waals surface area contributed by atoms with E-state index in [9.17, 15) is 16.8 Å². The van der Waals surface area contributed by atoms with Crippen LogP contribution in [0.2, 0.25) is 0 Å². The molecule has 9 heteroatoms. The maximum Gasteiger partial charge on any atom is 0.294 e. The summed E-state index contributed by atoms with van der Waals surface area (Å²) in [7, 11) is -8.72. The molecule has 0 saturated carbocycles. The average Bonchev–Trinajstić information content (AvgIpc) is 2.14. The Kier molecular flexibility index (Phi) is 3.60. The molecule has 0 aromatic heterocycles. The van der Waals surface area contributed by atoms with Gasteiger partial charge < -0.3 is 5.11 Å². The van der Waals surface area contributed by atoms with Crippen molar-refractivity contribution in [2.45, 2.75) is 23.3 Å². The molecule has 1 aromatic carbocycles. The van der Waals surface area contributed by atoms with Crippen LogP contribution >= 0.6 is 0 Å². The van der Waals surface area contributed by atoms with E-state index in [0.29, 0.717) is 0 Å². The van der Waals surface area contributed by atoms with Crippen LogP contribution in [0.15, 0.2) is 21.9 Å². The third-order valence-corrected chi connectivity index (χ3v) is 4.16. The molecule has 0 aliphatic heterocycles. The molecule has 0 bridgehead atoms. The van der Waals surface area contributed by atoms with Crippen molar-refractivity contribution >= 4 is 20.1 Å². The Balaban J connectivity index is 3.78. The summed E-state index contributed by atoms with van der Waals surface area (Å²) in [6, 6.07) is 2.04. The summed E-state index contributed by atoms with van der Waals surface area (Å²) in [6.45, 7) is 0.620. The van der Waals surface area contributed by atoms with Gasteiger partial charge in [0.05, 0.1) is 16.4 Å². The maximum atomic E-state index is 11.2. The van der Waals surface area contributed by atoms with Crippen LogP contribution in [0.1, 0.15) is 11.1 Å². The van der Waals surface area contributed by atoms with E-state index >= 15 is 0 Å². The van der Waals surface area contributed by atoms with Gasteiger partial charge in [0, 0.05) is 0 Å². The number of sulfonamides is 1. The van der Waals surface area contributed by atoms with E-state index in [4.69, 9.17) is 14.8 Å². The summed E-state index contributed by atoms with van der Waals surface area (Å²) in [6.07, 6.45) is 0. The van der Waals surface area contributed by atoms with Crippen LogP contribution < -0.4 is 5.14 Å². The molecule has 0 atom stereocenters. The van der Waals surface area contributed by atoms with Crippen molar-refractivity contribution in [2.24, 2.45) is 5.14 Å². The largest absolute Gasteiger partial charge is 0.392 e. The topological polar surface area (TPSA) is 135 Å². The predicted molar refractivity (Wildman–Crippen MR) is 58.3 cm³/mol. The van der Waals surface area contributed by atoms with Crippen LogP contribution in [-0.4, -0.2) is 26.5 Å². The lowest BCUT2D eigenvalue weighted by atomic mass is 10.1. The predicted octanol–water partition coefficient (Wildman–Crippen LogP) is -0.619. The zero-order chi connectivity index (χ0) is 13.4. The van der Waals surface area contributed by atoms with Crippen molar-refractivity contribution < 1.29 is 26.5 Å². The van der Waals surface area contributed by atoms with Gasteiger partial charge in [0.1, 0.15) is 0 Å². The van der Waals surface area contributed by atoms with Gasteiger partial charge in [-0.2, -0.15) is 8.42 Å². The number of aliphatic hydroxyl groups excluding tert-OH is 1. The van der Waals surface area contributed by atoms with E-state index in [2.05, 4.69) is 0 Å². The monoisotopic (exact) mass is 281 g/mol. The van der Waals surface area contributed by atoms with Gasteiger partial charge in [0.15, 0.2) is 0 Å². The number of rotatable bonds is 3. The third-order valence-electron chi connectivity index (χ3n) is 2.14. The first kappa shape index (κ1) is 14.1. The number of primary sulfonamides is 1. The lowest BCUT2D eigenvalue weighted by molar-refractivity contribution is 0.281. The van der Waals surface area contributed by atoms with Crippen molar-refractivity contribution in [3.63, 3.8) is 0 Å². The van der Waals surface area contributed by atoms with Crippen molar-refractivity contribution in [3.8, 4) is 0 Å². The van der Waals surface area contributed by atoms with Crippen LogP contribution in [0.5, 0.6) is 0 Å². The fourth-order valence-electron chi connectivity index (χ4n) is 1.37. The van der Waals surface area contributed by atoms with Gasteiger partial charge in [-0.05, 0) is 30.2 Å². The molecule has 17 heavy (non-hydrogen) atoms. The number of aliphatic hydroxyl groups is 1. The Hall–Kier alpha value is -1.00. The van der Waals surface area contributed by atoms with E-state index in [0.717, 1.165) is 12.1 Å². The van der Waals surface area contributed by atoms with Crippen molar-refractivity contribution in [1.29, 1.82) is 0 Å². The van der Waals surface area contributed by atoms with Gasteiger partial charge in [-0.1, -0.05) is 0 Å². The Bertz CT molecular complexity index is 594. The number of nitrogens with two attached hydrogens (primary N) is 1. The average molecular weight is 281 g/mol. The highest BCUT2D eigenvalue weighted by molar-refractivity contribution is 7.89. The SMILES string of the molecule is Cc1c(S(N)(=O)=O)cc(CO)cc1S(=O)(=O)O. The molecule has 0 aliphatic rings. The minimum atomic E-state index is -4.58. The second-order valence-electron chi connectivity index (χ2n) is 3.40. The quantitative estimate of drug-likeness (QED) is 0.632. The molecule has 0 spiro atoms. The number of hydrogen-bond donors (Lipinski definition) is 3. The molecular formula is C8H11NO6S2. The molecule has 1 aromatic rings. The molecule has 0 saturated heterocycles. The highest BCUT2D eigenvalue weighted by Gasteiger charge is 2.22. The summed E-state index contributed by atoms with van der Waals surface area (Å²) in [5, 5.41) is 13.8. The minimum absolute atomic E-state index is 0.0206. The van der Waals surface area contributed by atoms with Gasteiger partial charge in [-0.3, -0.25) is 4.55 Å². The Morgan fingerprint density at radius 1 is 1.18 bits per heavy atom. The highest BCUT2D eigenvalue weighted by Crippen LogP contribution is 2.24. The molecule has 4 N–H and O–H groups in total. The van der Waals surface area contributed by atoms with Gasteiger partial charge >= 0.3 is 0 Å². The molecular weight excluding hydrogens is 270 g/mol. The first-order valence-electron chi connectivity index (χ1n) is 4.32. The van der Waals surface area contributed by atoms with Crippen LogP contribution in [0.4, 0.5) is 0 Å². The Morgan fingerprint density at radius 2 is 1.65 bits per heavy atom. The number of benzene rings is 1. The first-order chi connectivity index (χ1) is 7.57. The molecule has 0 radical (unpaired) electrons. The van der Waals surface area contributed by atoms with Crippen molar-refractivity contribution in [2.75, 3.05) is 0 Å². The normalized spacial score (nSPS) is 12.7. The summed E-state index contributed by atoms with van der Waals surface area (Å²) in [5.74, 6) is 0. The van der Waals surface area contributed by atoms with Gasteiger partial charge in [-0.25, -0.2) is 13.6 Å². The lowest BCUT2D eigenvalue weighted by Gasteiger charge is -2.10. The lowest BCUT2D eigenvalue weighted by Crippen LogP contribution is -2.16. The molecule has 0 aliphatic carbocycles. The van der Waals surface area contributed by atoms with Crippen LogP contribution in [-0.2, 0) is 26.7 Å². The van der Waals surface area contributed by atoms with E-state index in [-0.39, 0.29) is 11.1 Å². The summed E-state index contributed by atoms with van der Waals surface area (Å²) >= 11 is 0. The zero-order valence-corrected chi connectivity index (χ0v) is 10.4. The fraction of sp³-hybridized carbons (Fsp3) is 0.250. The first-order valence-corrected chi connectivity index (χ1v) is 7.30. The second kappa shape index (κ2) is 4.35. The summed E-state index contributed by atoms with van der Waals surface area (Å²) in [5.41, 5.74) is -0.167. The standard InChI is InChI=1S/C8H11NO6S2/c1-5-7(16(9,11)12)2-6(4-10)3-8(5)17(13,14)15/h2-3,10H,4H2,1H3,(H2,9,11,12)(H,13,14,15). The second-order valence-corrected chi connectivity index (χ2v) is 6.32. The molecule has 0 fully saturated rings. The van der Waals surface area contributed by atoms with Crippen LogP contribution in [0.3, 0.4) is 0 Å². The Morgan fingerprint density at radius 3 is 2.00 bits per heavy atom. The van der Waals surface area contributed by atoms with E-state index in [1.54, 1.807) is 0 Å². The van der Waals surface area contributed by atoms with Crippen molar-refractivity contribution in [1.82, 2.24) is 0 Å². The number of hydrogen-bond acceptors (Lipinski definition) is 5. The highest BCUT2D eigenvalue weighted by atomic mass is 32.2. The van der Waals surface area contributed by atoms with E-state index in [1.165, 1.54) is 6.92 Å². The molecule has 1 rings (SSSR count). The van der Waals surface area contributed by atoms with E-state index in [1.807, 2.05) is 0 Å². The summed E-state index contributed by atoms with van der Waals surface area (Å²) in [4.78, 5) is -1.04. The van der Waals surface area contributed by atoms with Crippen LogP contribution in [0.25, 0.3) is 0 Å². The van der Waals surface area contributed by atoms with Gasteiger partial charge in [0.2, 0.25) is 10.0 Å². The smallest absolute Gasteiger partial charge is 0.294 e. The van der Waals surface area contributed by atoms with Gasteiger partial charge in [0.25, 0.3) is 10.1 Å². The maximum absolute atomic E-state index is 11.2. The molecule has 0 unspecified atom stereocenters. The Labute approximate surface area is 98.7 Å². The fourth-order valence-corrected chi connectivity index (χ4v) is 3.09. The van der Waals surface area contributed by atoms with E-state index < -0.39 is 36.5 Å². The molecule has 7 nitrogen and oxygen atoms in total.